The largest absolute Gasteiger partial charge is 0.120 e. The standard InChI is InChI=1S/C10H7Cl.C6H6Cl6/c11-10-7-3-5-8-4-1-2-6-9(8)10;7-1-2(8)4(10)6(12)5(11)3(1)9/h1-7H;1-6H. The summed E-state index contributed by atoms with van der Waals surface area (Å²) < 4.78 is 0. The SMILES string of the molecule is ClC1C(Cl)C(Cl)C(Cl)C(Cl)C1Cl.Clc1cccc2ccccc12. The number of halogens is 7. The number of alkyl halides is 6. The molecule has 0 radical (unpaired) electrons. The lowest BCUT2D eigenvalue weighted by Gasteiger charge is -2.37. The topological polar surface area (TPSA) is 0 Å². The molecule has 2 aromatic rings. The van der Waals surface area contributed by atoms with Crippen molar-refractivity contribution in [3.63, 3.8) is 0 Å². The van der Waals surface area contributed by atoms with Gasteiger partial charge in [0.2, 0.25) is 0 Å². The van der Waals surface area contributed by atoms with Crippen LogP contribution in [0.25, 0.3) is 10.8 Å². The number of fused-ring (bicyclic) bond motifs is 1. The zero-order valence-electron chi connectivity index (χ0n) is 11.7. The second-order valence-electron chi connectivity index (χ2n) is 5.13. The van der Waals surface area contributed by atoms with Crippen LogP contribution in [-0.2, 0) is 0 Å². The van der Waals surface area contributed by atoms with Gasteiger partial charge in [0.25, 0.3) is 0 Å². The molecule has 7 heteroatoms. The second-order valence-corrected chi connectivity index (χ2v) is 8.56. The molecule has 1 fully saturated rings. The predicted molar refractivity (Wildman–Crippen MR) is 107 cm³/mol. The average molecular weight is 453 g/mol. The van der Waals surface area contributed by atoms with Crippen LogP contribution in [0.5, 0.6) is 0 Å². The van der Waals surface area contributed by atoms with E-state index in [4.69, 9.17) is 81.2 Å². The quantitative estimate of drug-likeness (QED) is 0.372. The van der Waals surface area contributed by atoms with E-state index in [2.05, 4.69) is 12.1 Å². The maximum absolute atomic E-state index is 5.96. The molecule has 2 aromatic carbocycles. The van der Waals surface area contributed by atoms with Crippen molar-refractivity contribution in [3.8, 4) is 0 Å². The summed E-state index contributed by atoms with van der Waals surface area (Å²) in [6.07, 6.45) is 0. The van der Waals surface area contributed by atoms with E-state index in [1.165, 1.54) is 5.39 Å². The van der Waals surface area contributed by atoms with Gasteiger partial charge in [-0.05, 0) is 11.5 Å². The van der Waals surface area contributed by atoms with Crippen LogP contribution in [0.2, 0.25) is 5.02 Å². The van der Waals surface area contributed by atoms with Crippen molar-refractivity contribution in [1.29, 1.82) is 0 Å². The van der Waals surface area contributed by atoms with Crippen molar-refractivity contribution in [3.05, 3.63) is 47.5 Å². The van der Waals surface area contributed by atoms with Gasteiger partial charge in [-0.3, -0.25) is 0 Å². The van der Waals surface area contributed by atoms with Crippen LogP contribution in [0.15, 0.2) is 42.5 Å². The molecular formula is C16H13Cl7. The lowest BCUT2D eigenvalue weighted by molar-refractivity contribution is 0.544. The van der Waals surface area contributed by atoms with E-state index in [1.807, 2.05) is 30.3 Å². The molecule has 23 heavy (non-hydrogen) atoms. The van der Waals surface area contributed by atoms with Gasteiger partial charge in [-0.15, -0.1) is 69.6 Å². The molecule has 0 saturated heterocycles. The Balaban J connectivity index is 0.000000167. The van der Waals surface area contributed by atoms with Crippen LogP contribution in [0.1, 0.15) is 0 Å². The normalized spacial score (nSPS) is 33.9. The van der Waals surface area contributed by atoms with Crippen LogP contribution in [0, 0.1) is 0 Å². The molecule has 0 N–H and O–H groups in total. The zero-order valence-corrected chi connectivity index (χ0v) is 16.9. The van der Waals surface area contributed by atoms with Gasteiger partial charge in [0.05, 0.1) is 32.3 Å². The minimum Gasteiger partial charge on any atom is -0.120 e. The summed E-state index contributed by atoms with van der Waals surface area (Å²) in [5.74, 6) is 0. The lowest BCUT2D eigenvalue weighted by Crippen LogP contribution is -2.52. The van der Waals surface area contributed by atoms with Gasteiger partial charge in [0, 0.05) is 10.4 Å². The molecule has 0 nitrogen and oxygen atoms in total. The van der Waals surface area contributed by atoms with E-state index in [0.29, 0.717) is 0 Å². The molecule has 126 valence electrons. The lowest BCUT2D eigenvalue weighted by atomic mass is 9.97. The van der Waals surface area contributed by atoms with Crippen molar-refractivity contribution in [1.82, 2.24) is 0 Å². The van der Waals surface area contributed by atoms with Crippen molar-refractivity contribution >= 4 is 92.0 Å². The van der Waals surface area contributed by atoms with Crippen molar-refractivity contribution < 1.29 is 0 Å². The minimum absolute atomic E-state index is 0.437. The van der Waals surface area contributed by atoms with Crippen LogP contribution < -0.4 is 0 Å². The van der Waals surface area contributed by atoms with Gasteiger partial charge < -0.3 is 0 Å². The van der Waals surface area contributed by atoms with Gasteiger partial charge in [0.15, 0.2) is 0 Å². The fourth-order valence-electron chi connectivity index (χ4n) is 2.24. The number of hydrogen-bond acceptors (Lipinski definition) is 0. The molecule has 0 heterocycles. The Hall–Kier alpha value is 0.730. The molecule has 1 saturated carbocycles. The summed E-state index contributed by atoms with van der Waals surface area (Å²) in [6.45, 7) is 0. The Morgan fingerprint density at radius 3 is 1.35 bits per heavy atom. The van der Waals surface area contributed by atoms with Gasteiger partial charge in [0.1, 0.15) is 0 Å². The van der Waals surface area contributed by atoms with Crippen LogP contribution in [0.3, 0.4) is 0 Å². The van der Waals surface area contributed by atoms with Crippen LogP contribution in [0.4, 0.5) is 0 Å². The van der Waals surface area contributed by atoms with E-state index < -0.39 is 32.3 Å². The molecule has 1 aliphatic carbocycles. The van der Waals surface area contributed by atoms with Crippen molar-refractivity contribution in [2.45, 2.75) is 32.3 Å². The molecule has 0 amide bonds. The first kappa shape index (κ1) is 20.0. The van der Waals surface area contributed by atoms with E-state index in [1.54, 1.807) is 0 Å². The summed E-state index contributed by atoms with van der Waals surface area (Å²) in [6, 6.07) is 14.0. The fraction of sp³-hybridized carbons (Fsp3) is 0.375. The third-order valence-corrected chi connectivity index (χ3v) is 7.92. The van der Waals surface area contributed by atoms with Gasteiger partial charge >= 0.3 is 0 Å². The van der Waals surface area contributed by atoms with E-state index in [-0.39, 0.29) is 0 Å². The third-order valence-electron chi connectivity index (χ3n) is 3.56. The first-order chi connectivity index (χ1) is 10.8. The highest BCUT2D eigenvalue weighted by Crippen LogP contribution is 2.39. The van der Waals surface area contributed by atoms with E-state index in [0.717, 1.165) is 10.4 Å². The maximum atomic E-state index is 5.96. The highest BCUT2D eigenvalue weighted by atomic mass is 35.5. The maximum Gasteiger partial charge on any atom is 0.0693 e. The number of hydrogen-bond donors (Lipinski definition) is 0. The smallest absolute Gasteiger partial charge is 0.0693 e. The molecule has 0 aromatic heterocycles. The summed E-state index contributed by atoms with van der Waals surface area (Å²) in [5.41, 5.74) is 0. The molecule has 0 unspecified atom stereocenters. The summed E-state index contributed by atoms with van der Waals surface area (Å²) >= 11 is 41.2. The Bertz CT molecular complexity index is 583. The summed E-state index contributed by atoms with van der Waals surface area (Å²) in [7, 11) is 0. The molecule has 0 bridgehead atoms. The Morgan fingerprint density at radius 1 is 0.522 bits per heavy atom. The Kier molecular flexibility index (Phi) is 7.76. The van der Waals surface area contributed by atoms with Crippen molar-refractivity contribution in [2.24, 2.45) is 0 Å². The Morgan fingerprint density at radius 2 is 0.913 bits per heavy atom. The fourth-order valence-corrected chi connectivity index (χ4v) is 4.81. The zero-order chi connectivity index (χ0) is 17.1. The first-order valence-electron chi connectivity index (χ1n) is 6.82. The molecule has 0 aliphatic heterocycles. The molecule has 1 aliphatic rings. The highest BCUT2D eigenvalue weighted by Gasteiger charge is 2.46. The minimum atomic E-state index is -0.437. The first-order valence-corrected chi connectivity index (χ1v) is 9.82. The monoisotopic (exact) mass is 450 g/mol. The molecule has 0 spiro atoms. The molecule has 3 rings (SSSR count). The van der Waals surface area contributed by atoms with Crippen LogP contribution >= 0.6 is 81.2 Å². The third kappa shape index (κ3) is 4.67. The van der Waals surface area contributed by atoms with Gasteiger partial charge in [-0.1, -0.05) is 48.0 Å². The van der Waals surface area contributed by atoms with E-state index >= 15 is 0 Å². The van der Waals surface area contributed by atoms with Crippen LogP contribution in [-0.4, -0.2) is 32.3 Å². The number of rotatable bonds is 0. The average Bonchev–Trinajstić information content (AvgIpc) is 2.58. The number of benzene rings is 2. The second kappa shape index (κ2) is 8.90. The highest BCUT2D eigenvalue weighted by molar-refractivity contribution is 6.45. The predicted octanol–water partition coefficient (Wildman–Crippen LogP) is 7.14. The molecular weight excluding hydrogens is 440 g/mol. The summed E-state index contributed by atoms with van der Waals surface area (Å²) in [5, 5.41) is 0.518. The summed E-state index contributed by atoms with van der Waals surface area (Å²) in [4.78, 5) is 0. The molecule has 0 atom stereocenters. The van der Waals surface area contributed by atoms with Gasteiger partial charge in [-0.2, -0.15) is 0 Å². The van der Waals surface area contributed by atoms with Crippen molar-refractivity contribution in [2.75, 3.05) is 0 Å². The van der Waals surface area contributed by atoms with E-state index in [9.17, 15) is 0 Å². The Labute approximate surface area is 170 Å². The van der Waals surface area contributed by atoms with Gasteiger partial charge in [-0.25, -0.2) is 0 Å².